The monoisotopic (exact) mass is 335 g/mol. The van der Waals surface area contributed by atoms with Crippen LogP contribution in [0.3, 0.4) is 0 Å². The molecule has 0 atom stereocenters. The molecule has 24 heavy (non-hydrogen) atoms. The molecule has 0 unspecified atom stereocenters. The first-order valence-corrected chi connectivity index (χ1v) is 7.82. The fraction of sp³-hybridized carbons (Fsp3) is 0.643. The zero-order chi connectivity index (χ0) is 17.4. The van der Waals surface area contributed by atoms with E-state index >= 15 is 0 Å². The minimum Gasteiger partial charge on any atom is -0.351 e. The van der Waals surface area contributed by atoms with Crippen molar-refractivity contribution >= 4 is 17.5 Å². The van der Waals surface area contributed by atoms with E-state index in [2.05, 4.69) is 15.2 Å². The van der Waals surface area contributed by atoms with Crippen LogP contribution in [0.5, 0.6) is 0 Å². The van der Waals surface area contributed by atoms with E-state index in [-0.39, 0.29) is 16.5 Å². The highest BCUT2D eigenvalue weighted by molar-refractivity contribution is 5.61. The number of aryl methyl sites for hydroxylation is 2. The number of nitrogens with zero attached hydrogens (tertiary/aromatic N) is 7. The van der Waals surface area contributed by atoms with Crippen LogP contribution in [0, 0.1) is 17.0 Å². The average Bonchev–Trinajstić information content (AvgIpc) is 3.12. The fourth-order valence-electron chi connectivity index (χ4n) is 3.12. The van der Waals surface area contributed by atoms with E-state index in [0.717, 1.165) is 12.8 Å². The van der Waals surface area contributed by atoms with Gasteiger partial charge >= 0.3 is 5.69 Å². The molecule has 3 rings (SSSR count). The quantitative estimate of drug-likeness (QED) is 0.611. The number of rotatable bonds is 4. The van der Waals surface area contributed by atoms with Crippen LogP contribution in [0.1, 0.15) is 30.3 Å². The topological polar surface area (TPSA) is 106 Å². The van der Waals surface area contributed by atoms with Gasteiger partial charge in [0.05, 0.1) is 4.92 Å². The fourth-order valence-corrected chi connectivity index (χ4v) is 3.12. The van der Waals surface area contributed by atoms with Crippen LogP contribution in [0.15, 0.2) is 4.52 Å². The Morgan fingerprint density at radius 2 is 2.00 bits per heavy atom. The van der Waals surface area contributed by atoms with Gasteiger partial charge in [-0.05, 0) is 24.9 Å². The van der Waals surface area contributed by atoms with Gasteiger partial charge in [-0.2, -0.15) is 10.1 Å². The summed E-state index contributed by atoms with van der Waals surface area (Å²) in [4.78, 5) is 19.2. The first-order valence-electron chi connectivity index (χ1n) is 7.82. The number of hydrogen-bond donors (Lipinski definition) is 0. The molecule has 0 saturated carbocycles. The van der Waals surface area contributed by atoms with Crippen molar-refractivity contribution in [3.05, 3.63) is 21.7 Å². The van der Waals surface area contributed by atoms with Crippen molar-refractivity contribution in [1.29, 1.82) is 0 Å². The second-order valence-electron chi connectivity index (χ2n) is 6.23. The number of nitro groups is 1. The molecule has 0 aliphatic carbocycles. The van der Waals surface area contributed by atoms with Crippen molar-refractivity contribution in [2.45, 2.75) is 25.7 Å². The van der Waals surface area contributed by atoms with Crippen molar-refractivity contribution in [2.24, 2.45) is 7.05 Å². The highest BCUT2D eigenvalue weighted by atomic mass is 16.6. The maximum atomic E-state index is 11.3. The molecule has 0 aromatic carbocycles. The highest BCUT2D eigenvalue weighted by Gasteiger charge is 2.32. The normalized spacial score (nSPS) is 15.8. The van der Waals surface area contributed by atoms with Gasteiger partial charge in [0.15, 0.2) is 0 Å². The van der Waals surface area contributed by atoms with Crippen molar-refractivity contribution in [2.75, 3.05) is 37.0 Å². The van der Waals surface area contributed by atoms with E-state index in [1.54, 1.807) is 23.6 Å². The van der Waals surface area contributed by atoms with Gasteiger partial charge in [-0.3, -0.25) is 10.1 Å². The van der Waals surface area contributed by atoms with E-state index in [1.165, 1.54) is 0 Å². The molecule has 10 nitrogen and oxygen atoms in total. The van der Waals surface area contributed by atoms with E-state index in [9.17, 15) is 10.1 Å². The number of hydrogen-bond acceptors (Lipinski definition) is 8. The Labute approximate surface area is 139 Å². The Morgan fingerprint density at radius 1 is 1.33 bits per heavy atom. The third kappa shape index (κ3) is 2.79. The summed E-state index contributed by atoms with van der Waals surface area (Å²) in [5.74, 6) is 1.94. The first kappa shape index (κ1) is 16.2. The van der Waals surface area contributed by atoms with Crippen LogP contribution in [0.4, 0.5) is 17.5 Å². The Morgan fingerprint density at radius 3 is 2.54 bits per heavy atom. The number of aromatic nitrogens is 4. The van der Waals surface area contributed by atoms with Gasteiger partial charge in [0.2, 0.25) is 11.7 Å². The predicted molar refractivity (Wildman–Crippen MR) is 87.4 cm³/mol. The van der Waals surface area contributed by atoms with Gasteiger partial charge in [0, 0.05) is 40.2 Å². The Bertz CT molecular complexity index is 744. The molecule has 0 spiro atoms. The van der Waals surface area contributed by atoms with Gasteiger partial charge in [-0.15, -0.1) is 0 Å². The van der Waals surface area contributed by atoms with Crippen LogP contribution < -0.4 is 9.80 Å². The van der Waals surface area contributed by atoms with E-state index in [0.29, 0.717) is 36.4 Å². The highest BCUT2D eigenvalue weighted by Crippen LogP contribution is 2.35. The lowest BCUT2D eigenvalue weighted by Gasteiger charge is -2.31. The zero-order valence-electron chi connectivity index (χ0n) is 14.3. The Hall–Kier alpha value is -2.65. The molecule has 1 saturated heterocycles. The minimum absolute atomic E-state index is 0.0867. The van der Waals surface area contributed by atoms with Gasteiger partial charge in [-0.25, -0.2) is 4.68 Å². The van der Waals surface area contributed by atoms with E-state index in [4.69, 9.17) is 4.52 Å². The second kappa shape index (κ2) is 6.10. The molecule has 0 radical (unpaired) electrons. The van der Waals surface area contributed by atoms with Gasteiger partial charge in [0.1, 0.15) is 5.69 Å². The minimum atomic E-state index is -0.356. The molecule has 0 amide bonds. The molecule has 1 fully saturated rings. The third-order valence-electron chi connectivity index (χ3n) is 4.32. The summed E-state index contributed by atoms with van der Waals surface area (Å²) in [6.07, 6.45) is 1.60. The molecule has 130 valence electrons. The van der Waals surface area contributed by atoms with E-state index in [1.807, 2.05) is 19.0 Å². The van der Waals surface area contributed by atoms with Crippen molar-refractivity contribution in [3.8, 4) is 0 Å². The summed E-state index contributed by atoms with van der Waals surface area (Å²) >= 11 is 0. The largest absolute Gasteiger partial charge is 0.351 e. The number of piperidine rings is 1. The van der Waals surface area contributed by atoms with Crippen LogP contribution in [-0.2, 0) is 7.05 Å². The van der Waals surface area contributed by atoms with Crippen molar-refractivity contribution in [3.63, 3.8) is 0 Å². The lowest BCUT2D eigenvalue weighted by atomic mass is 9.97. The van der Waals surface area contributed by atoms with Gasteiger partial charge in [-0.1, -0.05) is 0 Å². The molecule has 0 N–H and O–H groups in total. The smallest absolute Gasteiger partial charge is 0.333 e. The molecule has 2 aromatic heterocycles. The van der Waals surface area contributed by atoms with E-state index < -0.39 is 0 Å². The predicted octanol–water partition coefficient (Wildman–Crippen LogP) is 1.47. The van der Waals surface area contributed by atoms with Crippen molar-refractivity contribution < 1.29 is 9.45 Å². The van der Waals surface area contributed by atoms with Gasteiger partial charge < -0.3 is 14.3 Å². The van der Waals surface area contributed by atoms with Crippen LogP contribution >= 0.6 is 0 Å². The third-order valence-corrected chi connectivity index (χ3v) is 4.32. The molecule has 10 heteroatoms. The molecule has 1 aliphatic rings. The molecule has 1 aliphatic heterocycles. The Kier molecular flexibility index (Phi) is 4.12. The number of anilines is 2. The van der Waals surface area contributed by atoms with Crippen LogP contribution in [0.2, 0.25) is 0 Å². The molecule has 3 heterocycles. The second-order valence-corrected chi connectivity index (χ2v) is 6.23. The summed E-state index contributed by atoms with van der Waals surface area (Å²) in [5.41, 5.74) is 0.524. The lowest BCUT2D eigenvalue weighted by molar-refractivity contribution is -0.384. The van der Waals surface area contributed by atoms with Gasteiger partial charge in [0.25, 0.3) is 5.95 Å². The summed E-state index contributed by atoms with van der Waals surface area (Å²) in [6.45, 7) is 3.03. The maximum absolute atomic E-state index is 11.3. The average molecular weight is 335 g/mol. The SMILES string of the molecule is Cc1nn(C)c(N2CCC(c3nc(N(C)C)no3)CC2)c1[N+](=O)[O-]. The summed E-state index contributed by atoms with van der Waals surface area (Å²) < 4.78 is 6.94. The molecule has 2 aromatic rings. The van der Waals surface area contributed by atoms with Crippen molar-refractivity contribution in [1.82, 2.24) is 19.9 Å². The standard InChI is InChI=1S/C14H21N7O3/c1-9-11(21(22)23)13(19(4)16-9)20-7-5-10(6-8-20)12-15-14(17-24-12)18(2)3/h10H,5-8H2,1-4H3. The molecule has 0 bridgehead atoms. The maximum Gasteiger partial charge on any atom is 0.333 e. The van der Waals surface area contributed by atoms with Crippen LogP contribution in [0.25, 0.3) is 0 Å². The summed E-state index contributed by atoms with van der Waals surface area (Å²) in [6, 6.07) is 0. The Balaban J connectivity index is 1.74. The molecular weight excluding hydrogens is 314 g/mol. The zero-order valence-corrected chi connectivity index (χ0v) is 14.3. The molecular formula is C14H21N7O3. The summed E-state index contributed by atoms with van der Waals surface area (Å²) in [7, 11) is 5.46. The lowest BCUT2D eigenvalue weighted by Crippen LogP contribution is -2.34. The van der Waals surface area contributed by atoms with Crippen LogP contribution in [-0.4, -0.2) is 52.0 Å². The summed E-state index contributed by atoms with van der Waals surface area (Å²) in [5, 5.41) is 19.5. The first-order chi connectivity index (χ1) is 11.4.